The van der Waals surface area contributed by atoms with Crippen LogP contribution in [0.3, 0.4) is 0 Å². The number of benzene rings is 2. The minimum Gasteiger partial charge on any atom is -0.261 e. The van der Waals surface area contributed by atoms with Crippen LogP contribution in [-0.4, -0.2) is 23.4 Å². The molecular formula is C16H14ClN3S2. The smallest absolute Gasteiger partial charge is 0.185 e. The molecule has 0 heterocycles. The summed E-state index contributed by atoms with van der Waals surface area (Å²) in [6.07, 6.45) is 3.92. The first-order valence-corrected chi connectivity index (χ1v) is 8.84. The molecule has 0 atom stereocenters. The lowest BCUT2D eigenvalue weighted by molar-refractivity contribution is 0.726. The van der Waals surface area contributed by atoms with Gasteiger partial charge in [0.1, 0.15) is 0 Å². The Balaban J connectivity index is 2.23. The first-order valence-electron chi connectivity index (χ1n) is 6.42. The predicted octanol–water partition coefficient (Wildman–Crippen LogP) is 5.25. The first-order chi connectivity index (χ1) is 10.6. The molecule has 0 aliphatic rings. The Kier molecular flexibility index (Phi) is 6.20. The highest BCUT2D eigenvalue weighted by Gasteiger charge is 2.07. The molecule has 0 N–H and O–H groups in total. The minimum atomic E-state index is 0.627. The molecule has 0 saturated heterocycles. The van der Waals surface area contributed by atoms with Gasteiger partial charge in [-0.15, -0.1) is 0 Å². The maximum Gasteiger partial charge on any atom is 0.185 e. The summed E-state index contributed by atoms with van der Waals surface area (Å²) in [6.45, 7) is 0. The number of hydrogen-bond acceptors (Lipinski definition) is 4. The molecule has 0 fully saturated rings. The van der Waals surface area contributed by atoms with Gasteiger partial charge in [0, 0.05) is 16.8 Å². The third kappa shape index (κ3) is 4.44. The number of halogens is 1. The summed E-state index contributed by atoms with van der Waals surface area (Å²) in [7, 11) is 1.68. The van der Waals surface area contributed by atoms with E-state index in [0.29, 0.717) is 10.2 Å². The van der Waals surface area contributed by atoms with Crippen LogP contribution in [0, 0.1) is 11.5 Å². The summed E-state index contributed by atoms with van der Waals surface area (Å²) in [5, 5.41) is 10.2. The van der Waals surface area contributed by atoms with Crippen LogP contribution in [0.2, 0.25) is 5.02 Å². The molecule has 0 aliphatic carbocycles. The van der Waals surface area contributed by atoms with E-state index in [1.807, 2.05) is 61.0 Å². The predicted molar refractivity (Wildman–Crippen MR) is 96.0 cm³/mol. The molecule has 0 unspecified atom stereocenters. The molecule has 3 nitrogen and oxygen atoms in total. The SMILES string of the molecule is CSC(=Nc1ccc(Sc2ccccc2)c(Cl)c1)N(C)C#N. The van der Waals surface area contributed by atoms with Crippen molar-refractivity contribution in [1.29, 1.82) is 5.26 Å². The maximum atomic E-state index is 8.93. The highest BCUT2D eigenvalue weighted by Crippen LogP contribution is 2.35. The molecule has 0 spiro atoms. The first kappa shape index (κ1) is 16.8. The fourth-order valence-corrected chi connectivity index (χ4v) is 3.31. The van der Waals surface area contributed by atoms with Gasteiger partial charge in [0.15, 0.2) is 11.4 Å². The van der Waals surface area contributed by atoms with Crippen LogP contribution in [0.25, 0.3) is 0 Å². The Morgan fingerprint density at radius 3 is 2.55 bits per heavy atom. The zero-order valence-corrected chi connectivity index (χ0v) is 14.5. The van der Waals surface area contributed by atoms with Crippen LogP contribution < -0.4 is 0 Å². The van der Waals surface area contributed by atoms with Crippen molar-refractivity contribution in [3.8, 4) is 6.19 Å². The van der Waals surface area contributed by atoms with Gasteiger partial charge in [-0.2, -0.15) is 5.26 Å². The van der Waals surface area contributed by atoms with E-state index >= 15 is 0 Å². The van der Waals surface area contributed by atoms with Crippen LogP contribution in [-0.2, 0) is 0 Å². The van der Waals surface area contributed by atoms with Gasteiger partial charge in [-0.25, -0.2) is 4.99 Å². The molecule has 0 aromatic heterocycles. The Labute approximate surface area is 144 Å². The molecule has 0 amide bonds. The number of nitriles is 1. The molecule has 112 valence electrons. The summed E-state index contributed by atoms with van der Waals surface area (Å²) in [5.74, 6) is 0. The second kappa shape index (κ2) is 8.14. The van der Waals surface area contributed by atoms with Crippen molar-refractivity contribution in [3.63, 3.8) is 0 Å². The second-order valence-electron chi connectivity index (χ2n) is 4.29. The van der Waals surface area contributed by atoms with Crippen molar-refractivity contribution in [2.24, 2.45) is 4.99 Å². The number of rotatable bonds is 3. The average Bonchev–Trinajstić information content (AvgIpc) is 2.55. The van der Waals surface area contributed by atoms with E-state index < -0.39 is 0 Å². The largest absolute Gasteiger partial charge is 0.261 e. The van der Waals surface area contributed by atoms with Gasteiger partial charge in [-0.3, -0.25) is 4.90 Å². The van der Waals surface area contributed by atoms with E-state index in [2.05, 4.69) is 4.99 Å². The van der Waals surface area contributed by atoms with Crippen LogP contribution >= 0.6 is 35.1 Å². The van der Waals surface area contributed by atoms with Gasteiger partial charge >= 0.3 is 0 Å². The molecule has 0 radical (unpaired) electrons. The van der Waals surface area contributed by atoms with E-state index in [1.165, 1.54) is 16.7 Å². The molecule has 0 bridgehead atoms. The number of aliphatic imine (C=N–C) groups is 1. The lowest BCUT2D eigenvalue weighted by atomic mass is 10.3. The van der Waals surface area contributed by atoms with Crippen molar-refractivity contribution in [1.82, 2.24) is 4.90 Å². The van der Waals surface area contributed by atoms with E-state index in [9.17, 15) is 0 Å². The maximum absolute atomic E-state index is 8.93. The monoisotopic (exact) mass is 347 g/mol. The molecule has 6 heteroatoms. The molecule has 22 heavy (non-hydrogen) atoms. The zero-order valence-electron chi connectivity index (χ0n) is 12.2. The highest BCUT2D eigenvalue weighted by molar-refractivity contribution is 8.13. The lowest BCUT2D eigenvalue weighted by Gasteiger charge is -2.10. The summed E-state index contributed by atoms with van der Waals surface area (Å²) < 4.78 is 0. The van der Waals surface area contributed by atoms with Crippen LogP contribution in [0.15, 0.2) is 63.3 Å². The van der Waals surface area contributed by atoms with E-state index in [4.69, 9.17) is 16.9 Å². The van der Waals surface area contributed by atoms with Crippen molar-refractivity contribution in [3.05, 3.63) is 53.6 Å². The van der Waals surface area contributed by atoms with Crippen LogP contribution in [0.1, 0.15) is 0 Å². The number of hydrogen-bond donors (Lipinski definition) is 0. The summed E-state index contributed by atoms with van der Waals surface area (Å²) in [6, 6.07) is 15.7. The number of thioether (sulfide) groups is 1. The van der Waals surface area contributed by atoms with Crippen LogP contribution in [0.4, 0.5) is 5.69 Å². The molecule has 2 aromatic carbocycles. The third-order valence-electron chi connectivity index (χ3n) is 2.73. The standard InChI is InChI=1S/C16H14ClN3S2/c1-20(11-18)16(21-2)19-12-8-9-15(14(17)10-12)22-13-6-4-3-5-7-13/h3-10H,1-2H3. The highest BCUT2D eigenvalue weighted by atomic mass is 35.5. The van der Waals surface area contributed by atoms with E-state index in [-0.39, 0.29) is 0 Å². The van der Waals surface area contributed by atoms with Gasteiger partial charge in [-0.1, -0.05) is 53.3 Å². The van der Waals surface area contributed by atoms with Gasteiger partial charge in [-0.05, 0) is 36.6 Å². The minimum absolute atomic E-state index is 0.627. The molecule has 0 saturated carbocycles. The zero-order chi connectivity index (χ0) is 15.9. The molecule has 2 aromatic rings. The molecule has 0 aliphatic heterocycles. The fraction of sp³-hybridized carbons (Fsp3) is 0.125. The fourth-order valence-electron chi connectivity index (χ4n) is 1.67. The topological polar surface area (TPSA) is 39.4 Å². The normalized spacial score (nSPS) is 11.1. The summed E-state index contributed by atoms with van der Waals surface area (Å²) in [4.78, 5) is 7.98. The number of amidine groups is 1. The Hall–Kier alpha value is -1.61. The quantitative estimate of drug-likeness (QED) is 0.329. The van der Waals surface area contributed by atoms with Crippen molar-refractivity contribution >= 4 is 46.0 Å². The molecular weight excluding hydrogens is 334 g/mol. The van der Waals surface area contributed by atoms with Gasteiger partial charge in [0.25, 0.3) is 0 Å². The lowest BCUT2D eigenvalue weighted by Crippen LogP contribution is -2.17. The van der Waals surface area contributed by atoms with E-state index in [1.54, 1.807) is 18.8 Å². The van der Waals surface area contributed by atoms with Crippen molar-refractivity contribution in [2.45, 2.75) is 9.79 Å². The van der Waals surface area contributed by atoms with Gasteiger partial charge < -0.3 is 0 Å². The van der Waals surface area contributed by atoms with Gasteiger partial charge in [0.05, 0.1) is 10.7 Å². The van der Waals surface area contributed by atoms with E-state index in [0.717, 1.165) is 15.5 Å². The average molecular weight is 348 g/mol. The Bertz CT molecular complexity index is 711. The Morgan fingerprint density at radius 2 is 1.95 bits per heavy atom. The van der Waals surface area contributed by atoms with Crippen LogP contribution in [0.5, 0.6) is 0 Å². The third-order valence-corrected chi connectivity index (χ3v) is 4.97. The summed E-state index contributed by atoms with van der Waals surface area (Å²) in [5.41, 5.74) is 0.730. The van der Waals surface area contributed by atoms with Crippen molar-refractivity contribution < 1.29 is 0 Å². The molecule has 2 rings (SSSR count). The Morgan fingerprint density at radius 1 is 1.23 bits per heavy atom. The van der Waals surface area contributed by atoms with Crippen molar-refractivity contribution in [2.75, 3.05) is 13.3 Å². The van der Waals surface area contributed by atoms with Gasteiger partial charge in [0.2, 0.25) is 0 Å². The summed E-state index contributed by atoms with van der Waals surface area (Å²) >= 11 is 9.37. The number of nitrogens with zero attached hydrogens (tertiary/aromatic N) is 3. The second-order valence-corrected chi connectivity index (χ2v) is 6.58.